The molecule has 0 aliphatic carbocycles. The highest BCUT2D eigenvalue weighted by Crippen LogP contribution is 2.39. The van der Waals surface area contributed by atoms with Crippen molar-refractivity contribution in [1.82, 2.24) is 50.2 Å². The van der Waals surface area contributed by atoms with Gasteiger partial charge in [-0.1, -0.05) is 12.1 Å². The number of likely N-dealkylation sites (tertiary alicyclic amines) is 1. The number of H-pyrrole nitrogens is 2. The van der Waals surface area contributed by atoms with Crippen LogP contribution in [0.4, 0.5) is 30.9 Å². The van der Waals surface area contributed by atoms with E-state index in [-0.39, 0.29) is 54.2 Å². The number of hydrogen-bond donors (Lipinski definition) is 4. The number of aromatic amines is 2. The Balaban J connectivity index is 0.903. The van der Waals surface area contributed by atoms with Crippen LogP contribution < -0.4 is 15.5 Å². The Hall–Kier alpha value is -6.57. The lowest BCUT2D eigenvalue weighted by atomic mass is 9.96. The first-order valence-electron chi connectivity index (χ1n) is 18.1. The van der Waals surface area contributed by atoms with E-state index in [0.29, 0.717) is 72.3 Å². The van der Waals surface area contributed by atoms with Gasteiger partial charge < -0.3 is 19.8 Å². The molecule has 0 spiro atoms. The molecular weight excluding hydrogens is 764 g/mol. The number of hydrogen-bond acceptors (Lipinski definition) is 12. The van der Waals surface area contributed by atoms with Gasteiger partial charge in [0.1, 0.15) is 17.2 Å². The van der Waals surface area contributed by atoms with Gasteiger partial charge in [-0.25, -0.2) is 4.98 Å². The standard InChI is InChI=1S/C37H34F3N13O3S/c38-37(39,40)24-9-10-25(43-31(24)53-15-5-6-22(19-53)33(55)47-36-45-30(49-51-36)27-8-2-4-14-42-27)23-18-28(57-20-23)34(56)52-16-11-21(12-17-52)32(54)46-35-44-29(48-50-35)26-7-1-3-13-41-26/h1-4,7-10,13-14,18,20-22H,5-6,11-12,15-17,19H2,(H2,44,46,48,50,54)(H2,45,47,49,51,55). The molecule has 20 heteroatoms. The molecule has 8 rings (SSSR count). The molecule has 0 aromatic carbocycles. The molecule has 4 N–H and O–H groups in total. The van der Waals surface area contributed by atoms with Gasteiger partial charge in [-0.2, -0.15) is 13.2 Å². The summed E-state index contributed by atoms with van der Waals surface area (Å²) < 4.78 is 43.0. The van der Waals surface area contributed by atoms with E-state index in [9.17, 15) is 27.6 Å². The fourth-order valence-corrected chi connectivity index (χ4v) is 7.72. The van der Waals surface area contributed by atoms with Crippen LogP contribution in [0.5, 0.6) is 0 Å². The molecule has 3 amide bonds. The van der Waals surface area contributed by atoms with Crippen LogP contribution >= 0.6 is 11.3 Å². The van der Waals surface area contributed by atoms with Crippen molar-refractivity contribution in [3.8, 4) is 34.3 Å². The lowest BCUT2D eigenvalue weighted by Crippen LogP contribution is -2.42. The van der Waals surface area contributed by atoms with E-state index in [2.05, 4.69) is 55.9 Å². The van der Waals surface area contributed by atoms with Crippen molar-refractivity contribution >= 4 is 46.8 Å². The Bertz CT molecular complexity index is 2380. The van der Waals surface area contributed by atoms with E-state index in [4.69, 9.17) is 0 Å². The number of thiophene rings is 1. The summed E-state index contributed by atoms with van der Waals surface area (Å²) in [7, 11) is 0. The van der Waals surface area contributed by atoms with Crippen LogP contribution in [0.25, 0.3) is 34.3 Å². The highest BCUT2D eigenvalue weighted by molar-refractivity contribution is 7.12. The number of nitrogens with one attached hydrogen (secondary N) is 4. The lowest BCUT2D eigenvalue weighted by Gasteiger charge is -2.34. The number of carbonyl (C=O) groups is 3. The molecule has 2 aliphatic heterocycles. The van der Waals surface area contributed by atoms with Gasteiger partial charge in [0, 0.05) is 55.4 Å². The largest absolute Gasteiger partial charge is 0.419 e. The number of carbonyl (C=O) groups excluding carboxylic acids is 3. The number of amides is 3. The van der Waals surface area contributed by atoms with Crippen LogP contribution in [0.1, 0.15) is 40.9 Å². The Morgan fingerprint density at radius 1 is 0.754 bits per heavy atom. The number of rotatable bonds is 9. The molecule has 6 aromatic heterocycles. The van der Waals surface area contributed by atoms with Crippen molar-refractivity contribution in [2.24, 2.45) is 11.8 Å². The quantitative estimate of drug-likeness (QED) is 0.143. The zero-order valence-electron chi connectivity index (χ0n) is 30.0. The second-order valence-electron chi connectivity index (χ2n) is 13.6. The topological polar surface area (TPSA) is 204 Å². The molecule has 292 valence electrons. The minimum absolute atomic E-state index is 0.00143. The maximum atomic E-state index is 14.3. The van der Waals surface area contributed by atoms with Crippen LogP contribution in [-0.2, 0) is 15.8 Å². The van der Waals surface area contributed by atoms with Gasteiger partial charge in [0.15, 0.2) is 11.6 Å². The lowest BCUT2D eigenvalue weighted by molar-refractivity contribution is -0.137. The van der Waals surface area contributed by atoms with E-state index in [1.165, 1.54) is 22.3 Å². The SMILES string of the molecule is O=C(Nc1nnc(-c2ccccn2)[nH]1)C1CCN(C(=O)c2cc(-c3ccc(C(F)(F)F)c(N4CCCC(C(=O)Nc5nnc(-c6ccccn6)[nH]5)C4)n3)cs2)CC1. The maximum absolute atomic E-state index is 14.3. The minimum Gasteiger partial charge on any atom is -0.355 e. The average molecular weight is 798 g/mol. The second-order valence-corrected chi connectivity index (χ2v) is 14.5. The molecule has 0 radical (unpaired) electrons. The monoisotopic (exact) mass is 797 g/mol. The molecule has 1 unspecified atom stereocenters. The first kappa shape index (κ1) is 37.4. The highest BCUT2D eigenvalue weighted by atomic mass is 32.1. The summed E-state index contributed by atoms with van der Waals surface area (Å²) in [5.74, 6) is -1.09. The zero-order valence-corrected chi connectivity index (χ0v) is 30.8. The Morgan fingerprint density at radius 3 is 1.98 bits per heavy atom. The summed E-state index contributed by atoms with van der Waals surface area (Å²) in [5, 5.41) is 23.2. The number of aromatic nitrogens is 9. The van der Waals surface area contributed by atoms with Gasteiger partial charge >= 0.3 is 6.18 Å². The summed E-state index contributed by atoms with van der Waals surface area (Å²) >= 11 is 1.17. The van der Waals surface area contributed by atoms with E-state index < -0.39 is 23.6 Å². The van der Waals surface area contributed by atoms with Crippen molar-refractivity contribution < 1.29 is 27.6 Å². The highest BCUT2D eigenvalue weighted by Gasteiger charge is 2.38. The van der Waals surface area contributed by atoms with Crippen LogP contribution in [0.15, 0.2) is 72.4 Å². The second kappa shape index (κ2) is 15.9. The smallest absolute Gasteiger partial charge is 0.355 e. The van der Waals surface area contributed by atoms with Crippen LogP contribution in [0.3, 0.4) is 0 Å². The fourth-order valence-electron chi connectivity index (χ4n) is 6.85. The molecule has 1 atom stereocenters. The molecule has 16 nitrogen and oxygen atoms in total. The third-order valence-corrected chi connectivity index (χ3v) is 10.7. The molecule has 6 aromatic rings. The van der Waals surface area contributed by atoms with Crippen molar-refractivity contribution in [1.29, 1.82) is 0 Å². The van der Waals surface area contributed by atoms with Gasteiger partial charge in [0.2, 0.25) is 23.7 Å². The summed E-state index contributed by atoms with van der Waals surface area (Å²) in [6, 6.07) is 14.5. The number of pyridine rings is 3. The van der Waals surface area contributed by atoms with Gasteiger partial charge in [-0.05, 0) is 68.1 Å². The summed E-state index contributed by atoms with van der Waals surface area (Å²) in [5.41, 5.74) is 0.952. The van der Waals surface area contributed by atoms with Gasteiger partial charge in [0.05, 0.1) is 22.1 Å². The molecule has 2 saturated heterocycles. The number of anilines is 3. The van der Waals surface area contributed by atoms with Crippen molar-refractivity contribution in [3.63, 3.8) is 0 Å². The molecule has 0 saturated carbocycles. The first-order valence-corrected chi connectivity index (χ1v) is 19.0. The molecule has 2 aliphatic rings. The Morgan fingerprint density at radius 2 is 1.39 bits per heavy atom. The Labute approximate surface area is 326 Å². The number of piperidine rings is 2. The summed E-state index contributed by atoms with van der Waals surface area (Å²) in [6.45, 7) is 0.946. The molecule has 8 heterocycles. The Kier molecular flexibility index (Phi) is 10.4. The molecule has 0 bridgehead atoms. The van der Waals surface area contributed by atoms with E-state index >= 15 is 0 Å². The van der Waals surface area contributed by atoms with E-state index in [1.807, 2.05) is 6.07 Å². The third kappa shape index (κ3) is 8.35. The average Bonchev–Trinajstić information content (AvgIpc) is 4.03. The fraction of sp³-hybridized carbons (Fsp3) is 0.297. The van der Waals surface area contributed by atoms with Crippen LogP contribution in [-0.4, -0.2) is 94.1 Å². The number of halogens is 3. The predicted molar refractivity (Wildman–Crippen MR) is 203 cm³/mol. The van der Waals surface area contributed by atoms with Crippen LogP contribution in [0.2, 0.25) is 0 Å². The summed E-state index contributed by atoms with van der Waals surface area (Å²) in [4.78, 5) is 62.1. The van der Waals surface area contributed by atoms with Crippen molar-refractivity contribution in [2.45, 2.75) is 31.9 Å². The van der Waals surface area contributed by atoms with Gasteiger partial charge in [0.25, 0.3) is 5.91 Å². The number of nitrogens with zero attached hydrogens (tertiary/aromatic N) is 9. The zero-order chi connectivity index (χ0) is 39.5. The minimum atomic E-state index is -4.70. The summed E-state index contributed by atoms with van der Waals surface area (Å²) in [6.07, 6.45) is 0.298. The molecule has 2 fully saturated rings. The molecule has 57 heavy (non-hydrogen) atoms. The van der Waals surface area contributed by atoms with Crippen molar-refractivity contribution in [3.05, 3.63) is 82.8 Å². The first-order chi connectivity index (χ1) is 27.6. The van der Waals surface area contributed by atoms with E-state index in [0.717, 1.165) is 6.07 Å². The van der Waals surface area contributed by atoms with Gasteiger partial charge in [-0.15, -0.1) is 31.7 Å². The van der Waals surface area contributed by atoms with E-state index in [1.54, 1.807) is 59.1 Å². The van der Waals surface area contributed by atoms with Crippen LogP contribution in [0, 0.1) is 11.8 Å². The predicted octanol–water partition coefficient (Wildman–Crippen LogP) is 5.54. The van der Waals surface area contributed by atoms with Crippen molar-refractivity contribution in [2.75, 3.05) is 41.7 Å². The molecular formula is C37H34F3N13O3S. The number of alkyl halides is 3. The normalized spacial score (nSPS) is 16.4. The van der Waals surface area contributed by atoms with Gasteiger partial charge in [-0.3, -0.25) is 35.0 Å². The maximum Gasteiger partial charge on any atom is 0.419 e. The third-order valence-electron chi connectivity index (χ3n) is 9.80.